The molecule has 0 aromatic carbocycles. The molecule has 0 saturated heterocycles. The monoisotopic (exact) mass is 310 g/mol. The fourth-order valence-electron chi connectivity index (χ4n) is 1.88. The molecule has 0 aliphatic carbocycles. The first-order valence-electron chi connectivity index (χ1n) is 7.53. The number of ether oxygens (including phenoxy) is 1. The molecule has 0 spiro atoms. The van der Waals surface area contributed by atoms with Crippen molar-refractivity contribution in [3.05, 3.63) is 0 Å². The molecule has 0 heterocycles. The number of thioether (sulfide) groups is 1. The summed E-state index contributed by atoms with van der Waals surface area (Å²) in [4.78, 5) is 11.8. The van der Waals surface area contributed by atoms with Crippen molar-refractivity contribution in [2.24, 2.45) is 5.92 Å². The predicted octanol–water partition coefficient (Wildman–Crippen LogP) is 4.91. The van der Waals surface area contributed by atoms with Crippen LogP contribution < -0.4 is 0 Å². The quantitative estimate of drug-likeness (QED) is 0.378. The van der Waals surface area contributed by atoms with Crippen LogP contribution in [0.15, 0.2) is 0 Å². The number of hydrogen-bond donors (Lipinski definition) is 0. The third-order valence-electron chi connectivity index (χ3n) is 2.87. The van der Waals surface area contributed by atoms with Gasteiger partial charge >= 0.3 is 5.97 Å². The van der Waals surface area contributed by atoms with Gasteiger partial charge in [0.15, 0.2) is 0 Å². The van der Waals surface area contributed by atoms with Crippen LogP contribution in [-0.4, -0.2) is 30.0 Å². The molecule has 0 aromatic rings. The summed E-state index contributed by atoms with van der Waals surface area (Å²) in [6, 6.07) is 0. The van der Waals surface area contributed by atoms with E-state index in [2.05, 4.69) is 13.8 Å². The highest BCUT2D eigenvalue weighted by atomic mass is 32.2. The zero-order valence-electron chi connectivity index (χ0n) is 12.9. The molecular formula is C15H28F2O2S. The van der Waals surface area contributed by atoms with Gasteiger partial charge in [-0.3, -0.25) is 4.79 Å². The molecule has 120 valence electrons. The lowest BCUT2D eigenvalue weighted by Crippen LogP contribution is -2.22. The maximum absolute atomic E-state index is 11.9. The highest BCUT2D eigenvalue weighted by Gasteiger charge is 2.21. The van der Waals surface area contributed by atoms with Crippen LogP contribution in [0.3, 0.4) is 0 Å². The fraction of sp³-hybridized carbons (Fsp3) is 0.933. The smallest absolute Gasteiger partial charge is 0.319 e. The molecule has 1 atom stereocenters. The van der Waals surface area contributed by atoms with Gasteiger partial charge in [-0.2, -0.15) is 0 Å². The van der Waals surface area contributed by atoms with Crippen molar-refractivity contribution in [1.82, 2.24) is 0 Å². The van der Waals surface area contributed by atoms with E-state index in [4.69, 9.17) is 4.74 Å². The number of alkyl halides is 2. The Kier molecular flexibility index (Phi) is 12.2. The zero-order chi connectivity index (χ0) is 15.4. The van der Waals surface area contributed by atoms with Crippen LogP contribution in [-0.2, 0) is 9.53 Å². The Labute approximate surface area is 126 Å². The molecule has 5 heteroatoms. The first-order valence-corrected chi connectivity index (χ1v) is 8.58. The van der Waals surface area contributed by atoms with Gasteiger partial charge in [-0.15, -0.1) is 11.8 Å². The van der Waals surface area contributed by atoms with Gasteiger partial charge in [0.25, 0.3) is 0 Å². The maximum Gasteiger partial charge on any atom is 0.319 e. The van der Waals surface area contributed by atoms with Gasteiger partial charge < -0.3 is 4.74 Å². The van der Waals surface area contributed by atoms with Crippen LogP contribution in [0.5, 0.6) is 0 Å². The van der Waals surface area contributed by atoms with Gasteiger partial charge in [-0.1, -0.05) is 26.7 Å². The van der Waals surface area contributed by atoms with Crippen LogP contribution in [0.25, 0.3) is 0 Å². The predicted molar refractivity (Wildman–Crippen MR) is 81.4 cm³/mol. The number of carbonyl (C=O) groups excluding carboxylic acids is 1. The Morgan fingerprint density at radius 3 is 2.35 bits per heavy atom. The van der Waals surface area contributed by atoms with E-state index in [9.17, 15) is 13.6 Å². The summed E-state index contributed by atoms with van der Waals surface area (Å²) >= 11 is 1.64. The van der Waals surface area contributed by atoms with E-state index < -0.39 is 6.43 Å². The molecule has 0 N–H and O–H groups in total. The van der Waals surface area contributed by atoms with E-state index in [-0.39, 0.29) is 17.6 Å². The van der Waals surface area contributed by atoms with E-state index >= 15 is 0 Å². The normalized spacial score (nSPS) is 12.9. The lowest BCUT2D eigenvalue weighted by atomic mass is 10.1. The van der Waals surface area contributed by atoms with Gasteiger partial charge in [0.2, 0.25) is 6.43 Å². The Morgan fingerprint density at radius 2 is 1.80 bits per heavy atom. The Bertz CT molecular complexity index is 248. The number of carbonyl (C=O) groups is 1. The summed E-state index contributed by atoms with van der Waals surface area (Å²) in [5.41, 5.74) is 0. The first kappa shape index (κ1) is 19.7. The molecule has 1 unspecified atom stereocenters. The third kappa shape index (κ3) is 11.5. The maximum atomic E-state index is 11.9. The molecule has 0 aliphatic heterocycles. The SMILES string of the molecule is CCOC(=O)C(CC(C)C)SCCCCCCC(F)F. The van der Waals surface area contributed by atoms with Crippen LogP contribution in [0, 0.1) is 5.92 Å². The van der Waals surface area contributed by atoms with Gasteiger partial charge in [0.1, 0.15) is 5.25 Å². The number of unbranched alkanes of at least 4 members (excludes halogenated alkanes) is 3. The van der Waals surface area contributed by atoms with E-state index in [1.807, 2.05) is 6.92 Å². The molecular weight excluding hydrogens is 282 g/mol. The van der Waals surface area contributed by atoms with Crippen molar-refractivity contribution in [2.45, 2.75) is 71.0 Å². The molecule has 0 rings (SSSR count). The average molecular weight is 310 g/mol. The van der Waals surface area contributed by atoms with Crippen molar-refractivity contribution in [3.8, 4) is 0 Å². The standard InChI is InChI=1S/C15H28F2O2S/c1-4-19-15(18)13(11-12(2)3)20-10-8-6-5-7-9-14(16)17/h12-14H,4-11H2,1-3H3. The zero-order valence-corrected chi connectivity index (χ0v) is 13.7. The average Bonchev–Trinajstić information content (AvgIpc) is 2.35. The Hall–Kier alpha value is -0.320. The second-order valence-electron chi connectivity index (χ2n) is 5.34. The largest absolute Gasteiger partial charge is 0.465 e. The molecule has 0 aromatic heterocycles. The Balaban J connectivity index is 3.76. The molecule has 0 bridgehead atoms. The van der Waals surface area contributed by atoms with Crippen LogP contribution in [0.4, 0.5) is 8.78 Å². The molecule has 0 radical (unpaired) electrons. The number of halogens is 2. The van der Waals surface area contributed by atoms with Crippen molar-refractivity contribution in [2.75, 3.05) is 12.4 Å². The second kappa shape index (κ2) is 12.4. The van der Waals surface area contributed by atoms with E-state index in [0.717, 1.165) is 31.4 Å². The van der Waals surface area contributed by atoms with Crippen molar-refractivity contribution in [3.63, 3.8) is 0 Å². The number of rotatable bonds is 12. The van der Waals surface area contributed by atoms with Gasteiger partial charge in [-0.05, 0) is 37.9 Å². The minimum absolute atomic E-state index is 0.00590. The molecule has 2 nitrogen and oxygen atoms in total. The van der Waals surface area contributed by atoms with Crippen molar-refractivity contribution >= 4 is 17.7 Å². The van der Waals surface area contributed by atoms with Crippen LogP contribution >= 0.6 is 11.8 Å². The summed E-state index contributed by atoms with van der Waals surface area (Å²) in [6.07, 6.45) is 2.03. The third-order valence-corrected chi connectivity index (χ3v) is 4.18. The van der Waals surface area contributed by atoms with Gasteiger partial charge in [0, 0.05) is 6.42 Å². The minimum atomic E-state index is -2.18. The van der Waals surface area contributed by atoms with Crippen molar-refractivity contribution < 1.29 is 18.3 Å². The summed E-state index contributed by atoms with van der Waals surface area (Å²) in [5.74, 6) is 1.23. The van der Waals surface area contributed by atoms with Crippen molar-refractivity contribution in [1.29, 1.82) is 0 Å². The summed E-state index contributed by atoms with van der Waals surface area (Å²) in [7, 11) is 0. The second-order valence-corrected chi connectivity index (χ2v) is 6.65. The topological polar surface area (TPSA) is 26.3 Å². The summed E-state index contributed by atoms with van der Waals surface area (Å²) in [5, 5.41) is -0.0870. The highest BCUT2D eigenvalue weighted by molar-refractivity contribution is 8.00. The molecule has 20 heavy (non-hydrogen) atoms. The molecule has 0 saturated carbocycles. The number of hydrogen-bond acceptors (Lipinski definition) is 3. The van der Waals surface area contributed by atoms with E-state index in [0.29, 0.717) is 18.9 Å². The summed E-state index contributed by atoms with van der Waals surface area (Å²) < 4.78 is 29.0. The van der Waals surface area contributed by atoms with Gasteiger partial charge in [-0.25, -0.2) is 8.78 Å². The number of esters is 1. The minimum Gasteiger partial charge on any atom is -0.465 e. The van der Waals surface area contributed by atoms with Gasteiger partial charge in [0.05, 0.1) is 6.61 Å². The fourth-order valence-corrected chi connectivity index (χ4v) is 3.26. The lowest BCUT2D eigenvalue weighted by molar-refractivity contribution is -0.142. The van der Waals surface area contributed by atoms with E-state index in [1.54, 1.807) is 11.8 Å². The van der Waals surface area contributed by atoms with Crippen LogP contribution in [0.1, 0.15) is 59.3 Å². The van der Waals surface area contributed by atoms with E-state index in [1.165, 1.54) is 0 Å². The first-order chi connectivity index (χ1) is 9.47. The molecule has 0 aliphatic rings. The Morgan fingerprint density at radius 1 is 1.15 bits per heavy atom. The lowest BCUT2D eigenvalue weighted by Gasteiger charge is -2.17. The molecule has 0 fully saturated rings. The van der Waals surface area contributed by atoms with Crippen LogP contribution in [0.2, 0.25) is 0 Å². The highest BCUT2D eigenvalue weighted by Crippen LogP contribution is 2.22. The summed E-state index contributed by atoms with van der Waals surface area (Å²) in [6.45, 7) is 6.42. The molecule has 0 amide bonds.